The molecule has 1 saturated heterocycles. The molecule has 1 N–H and O–H groups in total. The number of thioether (sulfide) groups is 2. The molecular weight excluding hydrogens is 264 g/mol. The zero-order valence-corrected chi connectivity index (χ0v) is 11.8. The summed E-state index contributed by atoms with van der Waals surface area (Å²) in [6.45, 7) is 0. The van der Waals surface area contributed by atoms with Gasteiger partial charge in [0.2, 0.25) is 0 Å². The predicted molar refractivity (Wildman–Crippen MR) is 79.0 cm³/mol. The lowest BCUT2D eigenvalue weighted by Gasteiger charge is -2.29. The van der Waals surface area contributed by atoms with Crippen LogP contribution in [0.2, 0.25) is 0 Å². The smallest absolute Gasteiger partial charge is 0.126 e. The van der Waals surface area contributed by atoms with Crippen LogP contribution in [0, 0.1) is 5.92 Å². The summed E-state index contributed by atoms with van der Waals surface area (Å²) in [5.74, 6) is 1.88. The van der Waals surface area contributed by atoms with Gasteiger partial charge in [0.25, 0.3) is 0 Å². The number of hydrogen-bond acceptors (Lipinski definition) is 4. The van der Waals surface area contributed by atoms with Crippen LogP contribution in [0.4, 0.5) is 0 Å². The van der Waals surface area contributed by atoms with E-state index < -0.39 is 6.10 Å². The second-order valence-electron chi connectivity index (χ2n) is 4.44. The van der Waals surface area contributed by atoms with Gasteiger partial charge >= 0.3 is 0 Å². The molecule has 0 radical (unpaired) electrons. The maximum Gasteiger partial charge on any atom is 0.126 e. The van der Waals surface area contributed by atoms with Crippen LogP contribution >= 0.6 is 23.5 Å². The van der Waals surface area contributed by atoms with Crippen molar-refractivity contribution in [3.63, 3.8) is 0 Å². The lowest BCUT2D eigenvalue weighted by Crippen LogP contribution is -2.33. The molecule has 0 saturated carbocycles. The van der Waals surface area contributed by atoms with Crippen LogP contribution in [0.25, 0.3) is 0 Å². The first kappa shape index (κ1) is 14.0. The van der Waals surface area contributed by atoms with Crippen molar-refractivity contribution in [2.24, 2.45) is 5.92 Å². The van der Waals surface area contributed by atoms with Crippen molar-refractivity contribution < 1.29 is 9.90 Å². The second kappa shape index (κ2) is 7.22. The lowest BCUT2D eigenvalue weighted by atomic mass is 9.96. The Morgan fingerprint density at radius 2 is 1.94 bits per heavy atom. The van der Waals surface area contributed by atoms with E-state index >= 15 is 0 Å². The Morgan fingerprint density at radius 1 is 1.28 bits per heavy atom. The van der Waals surface area contributed by atoms with Crippen LogP contribution in [0.5, 0.6) is 0 Å². The minimum atomic E-state index is -0.544. The van der Waals surface area contributed by atoms with E-state index in [1.165, 1.54) is 6.42 Å². The van der Waals surface area contributed by atoms with Gasteiger partial charge in [0.15, 0.2) is 0 Å². The summed E-state index contributed by atoms with van der Waals surface area (Å²) < 4.78 is 0.151. The zero-order chi connectivity index (χ0) is 12.8. The highest BCUT2D eigenvalue weighted by molar-refractivity contribution is 8.17. The van der Waals surface area contributed by atoms with Crippen LogP contribution < -0.4 is 0 Å². The van der Waals surface area contributed by atoms with Crippen LogP contribution in [0.1, 0.15) is 12.0 Å². The molecule has 0 amide bonds. The highest BCUT2D eigenvalue weighted by Crippen LogP contribution is 2.35. The molecule has 0 aromatic heterocycles. The van der Waals surface area contributed by atoms with Gasteiger partial charge in [0.1, 0.15) is 6.29 Å². The van der Waals surface area contributed by atoms with Crippen molar-refractivity contribution in [1.82, 2.24) is 0 Å². The van der Waals surface area contributed by atoms with Gasteiger partial charge in [0, 0.05) is 5.92 Å². The number of carbonyl (C=O) groups excluding carboxylic acids is 1. The van der Waals surface area contributed by atoms with Crippen LogP contribution in [-0.4, -0.2) is 33.6 Å². The van der Waals surface area contributed by atoms with Gasteiger partial charge in [-0.25, -0.2) is 0 Å². The van der Waals surface area contributed by atoms with E-state index in [0.717, 1.165) is 23.4 Å². The molecule has 2 nitrogen and oxygen atoms in total. The van der Waals surface area contributed by atoms with E-state index in [1.807, 2.05) is 30.3 Å². The molecule has 98 valence electrons. The van der Waals surface area contributed by atoms with E-state index in [4.69, 9.17) is 0 Å². The maximum absolute atomic E-state index is 11.2. The number of benzene rings is 1. The van der Waals surface area contributed by atoms with Gasteiger partial charge in [-0.2, -0.15) is 0 Å². The average Bonchev–Trinajstić information content (AvgIpc) is 2.46. The molecule has 1 aliphatic rings. The highest BCUT2D eigenvalue weighted by Gasteiger charge is 2.29. The van der Waals surface area contributed by atoms with Gasteiger partial charge in [-0.1, -0.05) is 30.3 Å². The minimum absolute atomic E-state index is 0.151. The quantitative estimate of drug-likeness (QED) is 0.842. The minimum Gasteiger partial charge on any atom is -0.390 e. The van der Waals surface area contributed by atoms with E-state index in [1.54, 1.807) is 23.5 Å². The Hall–Kier alpha value is -0.450. The first-order valence-corrected chi connectivity index (χ1v) is 8.31. The molecule has 18 heavy (non-hydrogen) atoms. The number of rotatable bonds is 5. The Kier molecular flexibility index (Phi) is 5.60. The zero-order valence-electron chi connectivity index (χ0n) is 10.2. The van der Waals surface area contributed by atoms with Crippen molar-refractivity contribution >= 4 is 29.8 Å². The third-order valence-corrected chi connectivity index (χ3v) is 6.14. The van der Waals surface area contributed by atoms with Crippen molar-refractivity contribution in [2.45, 2.75) is 23.5 Å². The third-order valence-electron chi connectivity index (χ3n) is 3.06. The van der Waals surface area contributed by atoms with Gasteiger partial charge < -0.3 is 9.90 Å². The summed E-state index contributed by atoms with van der Waals surface area (Å²) >= 11 is 3.56. The van der Waals surface area contributed by atoms with Crippen LogP contribution in [0.3, 0.4) is 0 Å². The summed E-state index contributed by atoms with van der Waals surface area (Å²) in [5.41, 5.74) is 1.11. The predicted octanol–water partition coefficient (Wildman–Crippen LogP) is 2.60. The van der Waals surface area contributed by atoms with Crippen LogP contribution in [-0.2, 0) is 11.2 Å². The number of hydrogen-bond donors (Lipinski definition) is 1. The standard InChI is InChI=1S/C14H18O2S2/c15-10-12(9-11-5-2-1-3-6-11)13(16)14-17-7-4-8-18-14/h1-3,5-6,10,12-14,16H,4,7-9H2/t12-,13-/m1/s1. The molecule has 1 fully saturated rings. The SMILES string of the molecule is O=C[C@@H](Cc1ccccc1)[C@@H](O)C1SCCCS1. The van der Waals surface area contributed by atoms with E-state index in [9.17, 15) is 9.90 Å². The fourth-order valence-electron chi connectivity index (χ4n) is 2.04. The summed E-state index contributed by atoms with van der Waals surface area (Å²) in [6, 6.07) is 9.90. The van der Waals surface area contributed by atoms with Crippen molar-refractivity contribution in [3.05, 3.63) is 35.9 Å². The molecule has 0 unspecified atom stereocenters. The molecule has 1 heterocycles. The molecule has 1 aliphatic heterocycles. The molecule has 1 aromatic rings. The number of aliphatic hydroxyl groups excluding tert-OH is 1. The first-order chi connectivity index (χ1) is 8.81. The van der Waals surface area contributed by atoms with Gasteiger partial charge in [-0.15, -0.1) is 23.5 Å². The lowest BCUT2D eigenvalue weighted by molar-refractivity contribution is -0.113. The number of carbonyl (C=O) groups is 1. The monoisotopic (exact) mass is 282 g/mol. The molecule has 2 atom stereocenters. The Balaban J connectivity index is 1.97. The molecule has 0 bridgehead atoms. The number of aliphatic hydroxyl groups is 1. The van der Waals surface area contributed by atoms with E-state index in [2.05, 4.69) is 0 Å². The second-order valence-corrected chi connectivity index (χ2v) is 7.24. The van der Waals surface area contributed by atoms with Crippen molar-refractivity contribution in [3.8, 4) is 0 Å². The van der Waals surface area contributed by atoms with Crippen molar-refractivity contribution in [2.75, 3.05) is 11.5 Å². The van der Waals surface area contributed by atoms with E-state index in [-0.39, 0.29) is 10.5 Å². The fourth-order valence-corrected chi connectivity index (χ4v) is 5.07. The summed E-state index contributed by atoms with van der Waals surface area (Å²) in [5, 5.41) is 10.3. The molecular formula is C14H18O2S2. The van der Waals surface area contributed by atoms with Gasteiger partial charge in [-0.3, -0.25) is 0 Å². The largest absolute Gasteiger partial charge is 0.390 e. The molecule has 1 aromatic carbocycles. The van der Waals surface area contributed by atoms with Crippen LogP contribution in [0.15, 0.2) is 30.3 Å². The Bertz CT molecular complexity index is 363. The molecule has 0 spiro atoms. The number of aldehydes is 1. The topological polar surface area (TPSA) is 37.3 Å². The summed E-state index contributed by atoms with van der Waals surface area (Å²) in [4.78, 5) is 11.2. The third kappa shape index (κ3) is 3.77. The first-order valence-electron chi connectivity index (χ1n) is 6.22. The normalized spacial score (nSPS) is 20.3. The Morgan fingerprint density at radius 3 is 2.56 bits per heavy atom. The summed E-state index contributed by atoms with van der Waals surface area (Å²) in [7, 11) is 0. The fraction of sp³-hybridized carbons (Fsp3) is 0.500. The molecule has 2 rings (SSSR count). The summed E-state index contributed by atoms with van der Waals surface area (Å²) in [6.07, 6.45) is 2.19. The maximum atomic E-state index is 11.2. The average molecular weight is 282 g/mol. The molecule has 4 heteroatoms. The van der Waals surface area contributed by atoms with Gasteiger partial charge in [0.05, 0.1) is 10.7 Å². The van der Waals surface area contributed by atoms with Crippen molar-refractivity contribution in [1.29, 1.82) is 0 Å². The molecule has 0 aliphatic carbocycles. The van der Waals surface area contributed by atoms with Gasteiger partial charge in [-0.05, 0) is 29.9 Å². The van der Waals surface area contributed by atoms with E-state index in [0.29, 0.717) is 6.42 Å². The highest BCUT2D eigenvalue weighted by atomic mass is 32.2. The Labute approximate surface area is 117 Å².